The van der Waals surface area contributed by atoms with Crippen molar-refractivity contribution < 1.29 is 41.8 Å². The van der Waals surface area contributed by atoms with Crippen LogP contribution in [0.2, 0.25) is 0 Å². The standard InChI is InChI=1S/3C6H15O3PS.Sb/c3*1-3-5-8-10(7,11)9-6-4-2;/h3*3-6H2,1-2H3,(H,7,11);/q;;;+3/p-3. The summed E-state index contributed by atoms with van der Waals surface area (Å²) in [5.74, 6) is 0. The quantitative estimate of drug-likeness (QED) is 0.151. The fraction of sp³-hybridized carbons (Fsp3) is 1.00. The monoisotopic (exact) mass is 712 g/mol. The maximum Gasteiger partial charge on any atom is 3.00 e. The second kappa shape index (κ2) is 28.4. The number of rotatable bonds is 18. The van der Waals surface area contributed by atoms with Crippen molar-refractivity contribution in [2.45, 2.75) is 80.1 Å². The second-order valence-corrected chi connectivity index (χ2v) is 14.6. The minimum atomic E-state index is -3.14. The van der Waals surface area contributed by atoms with Crippen LogP contribution in [-0.4, -0.2) is 64.1 Å². The van der Waals surface area contributed by atoms with Crippen LogP contribution in [0.4, 0.5) is 0 Å². The Bertz CT molecular complexity index is 466. The molecule has 2 radical (unpaired) electrons. The molecule has 9 nitrogen and oxygen atoms in total. The normalized spacial score (nSPS) is 11.6. The van der Waals surface area contributed by atoms with Gasteiger partial charge in [0.2, 0.25) is 0 Å². The van der Waals surface area contributed by atoms with Gasteiger partial charge in [-0.25, -0.2) is 0 Å². The van der Waals surface area contributed by atoms with Crippen LogP contribution < -0.4 is 14.7 Å². The number of hydrogen-bond donors (Lipinski definition) is 0. The summed E-state index contributed by atoms with van der Waals surface area (Å²) < 4.78 is 29.0. The Kier molecular flexibility index (Phi) is 36.3. The van der Waals surface area contributed by atoms with E-state index in [-0.39, 0.29) is 24.4 Å². The van der Waals surface area contributed by atoms with Crippen LogP contribution >= 0.6 is 20.2 Å². The van der Waals surface area contributed by atoms with Gasteiger partial charge in [0.25, 0.3) is 0 Å². The molecule has 0 aliphatic carbocycles. The van der Waals surface area contributed by atoms with Crippen LogP contribution in [0, 0.1) is 0 Å². The van der Waals surface area contributed by atoms with Crippen molar-refractivity contribution in [2.24, 2.45) is 0 Å². The van der Waals surface area contributed by atoms with E-state index in [2.05, 4.69) is 35.4 Å². The Balaban J connectivity index is -0.000000196. The first kappa shape index (κ1) is 43.5. The first-order valence-corrected chi connectivity index (χ1v) is 18.8. The molecule has 0 saturated carbocycles. The molecule has 206 valence electrons. The van der Waals surface area contributed by atoms with Crippen molar-refractivity contribution in [1.82, 2.24) is 0 Å². The molecule has 0 rings (SSSR count). The van der Waals surface area contributed by atoms with Crippen molar-refractivity contribution >= 4 is 80.0 Å². The molecule has 0 heterocycles. The van der Waals surface area contributed by atoms with Crippen LogP contribution in [0.5, 0.6) is 0 Å². The fourth-order valence-corrected chi connectivity index (χ4v) is 5.33. The second-order valence-electron chi connectivity index (χ2n) is 6.34. The summed E-state index contributed by atoms with van der Waals surface area (Å²) in [5.41, 5.74) is 0. The van der Waals surface area contributed by atoms with Gasteiger partial charge in [-0.3, -0.25) is 0 Å². The molecule has 0 aliphatic heterocycles. The van der Waals surface area contributed by atoms with E-state index in [0.29, 0.717) is 39.6 Å². The van der Waals surface area contributed by atoms with E-state index in [4.69, 9.17) is 27.1 Å². The average Bonchev–Trinajstić information content (AvgIpc) is 2.77. The summed E-state index contributed by atoms with van der Waals surface area (Å²) in [6.45, 7) is 4.57. The summed E-state index contributed by atoms with van der Waals surface area (Å²) in [5, 5.41) is 0. The van der Waals surface area contributed by atoms with Crippen LogP contribution in [-0.2, 0) is 62.6 Å². The molecule has 0 aromatic carbocycles. The molecule has 0 amide bonds. The Morgan fingerprint density at radius 2 is 0.529 bits per heavy atom. The smallest absolute Gasteiger partial charge is 0.780 e. The average molecular weight is 713 g/mol. The summed E-state index contributed by atoms with van der Waals surface area (Å²) >= 11 is 13.8. The van der Waals surface area contributed by atoms with E-state index in [0.717, 1.165) is 38.5 Å². The molecule has 0 unspecified atom stereocenters. The van der Waals surface area contributed by atoms with E-state index in [1.807, 2.05) is 41.5 Å². The molecule has 0 fully saturated rings. The predicted molar refractivity (Wildman–Crippen MR) is 146 cm³/mol. The van der Waals surface area contributed by atoms with Gasteiger partial charge in [0.1, 0.15) is 20.2 Å². The zero-order valence-electron chi connectivity index (χ0n) is 21.2. The molecule has 34 heavy (non-hydrogen) atoms. The molecule has 0 spiro atoms. The van der Waals surface area contributed by atoms with E-state index < -0.39 is 20.2 Å². The first-order chi connectivity index (χ1) is 15.4. The minimum Gasteiger partial charge on any atom is -0.780 e. The molecule has 0 saturated heterocycles. The molecule has 0 aliphatic rings. The van der Waals surface area contributed by atoms with Crippen molar-refractivity contribution in [3.63, 3.8) is 0 Å². The Hall–Kier alpha value is 2.41. The van der Waals surface area contributed by atoms with Gasteiger partial charge in [-0.1, -0.05) is 77.0 Å². The largest absolute Gasteiger partial charge is 3.00 e. The summed E-state index contributed by atoms with van der Waals surface area (Å²) in [6.07, 6.45) is 4.81. The third-order valence-electron chi connectivity index (χ3n) is 2.72. The van der Waals surface area contributed by atoms with Crippen molar-refractivity contribution in [3.05, 3.63) is 0 Å². The zero-order valence-corrected chi connectivity index (χ0v) is 28.9. The van der Waals surface area contributed by atoms with Crippen molar-refractivity contribution in [2.75, 3.05) is 39.6 Å². The van der Waals surface area contributed by atoms with E-state index in [1.54, 1.807) is 0 Å². The van der Waals surface area contributed by atoms with E-state index in [9.17, 15) is 14.7 Å². The molecule has 16 heteroatoms. The Morgan fingerprint density at radius 3 is 0.618 bits per heavy atom. The van der Waals surface area contributed by atoms with Gasteiger partial charge in [0.15, 0.2) is 0 Å². The molecular weight excluding hydrogens is 671 g/mol. The van der Waals surface area contributed by atoms with Crippen LogP contribution in [0.3, 0.4) is 0 Å². The maximum absolute atomic E-state index is 11.1. The summed E-state index contributed by atoms with van der Waals surface area (Å²) in [4.78, 5) is 33.3. The topological polar surface area (TPSA) is 125 Å². The van der Waals surface area contributed by atoms with Crippen LogP contribution in [0.25, 0.3) is 0 Å². The zero-order chi connectivity index (χ0) is 26.2. The van der Waals surface area contributed by atoms with Gasteiger partial charge in [0.05, 0.1) is 39.6 Å². The van der Waals surface area contributed by atoms with Crippen LogP contribution in [0.15, 0.2) is 0 Å². The predicted octanol–water partition coefficient (Wildman–Crippen LogP) is 3.89. The molecule has 0 aromatic rings. The Morgan fingerprint density at radius 1 is 0.412 bits per heavy atom. The van der Waals surface area contributed by atoms with Crippen LogP contribution in [0.1, 0.15) is 80.1 Å². The summed E-state index contributed by atoms with van der Waals surface area (Å²) in [7, 11) is 0. The van der Waals surface area contributed by atoms with Gasteiger partial charge in [-0.2, -0.15) is 0 Å². The summed E-state index contributed by atoms with van der Waals surface area (Å²) in [6, 6.07) is 0. The Labute approximate surface area is 240 Å². The van der Waals surface area contributed by atoms with Crippen molar-refractivity contribution in [1.29, 1.82) is 0 Å². The van der Waals surface area contributed by atoms with E-state index in [1.165, 1.54) is 0 Å². The third kappa shape index (κ3) is 36.6. The first-order valence-electron chi connectivity index (χ1n) is 11.2. The van der Waals surface area contributed by atoms with Gasteiger partial charge >= 0.3 is 24.4 Å². The van der Waals surface area contributed by atoms with Gasteiger partial charge < -0.3 is 41.8 Å². The van der Waals surface area contributed by atoms with Gasteiger partial charge in [-0.15, -0.1) is 0 Å². The maximum atomic E-state index is 11.1. The molecule has 0 atom stereocenters. The number of hydrogen-bond acceptors (Lipinski definition) is 12. The van der Waals surface area contributed by atoms with Gasteiger partial charge in [-0.05, 0) is 38.5 Å². The molecule has 0 bridgehead atoms. The molecule has 0 aromatic heterocycles. The fourth-order valence-electron chi connectivity index (χ4n) is 1.33. The third-order valence-corrected chi connectivity index (χ3v) is 7.61. The molecule has 0 N–H and O–H groups in total. The van der Waals surface area contributed by atoms with Gasteiger partial charge in [0, 0.05) is 0 Å². The van der Waals surface area contributed by atoms with Crippen molar-refractivity contribution in [3.8, 4) is 0 Å². The minimum absolute atomic E-state index is 0. The van der Waals surface area contributed by atoms with E-state index >= 15 is 0 Å². The molecular formula is C18H42O9P3S3Sb. The SMILES string of the molecule is CCCOP([O-])(=S)OCCC.CCCOP([O-])(=S)OCCC.CCCOP([O-])(=S)OCCC.[Sb+3].